The van der Waals surface area contributed by atoms with Crippen LogP contribution in [-0.2, 0) is 0 Å². The molecular formula is C14H27NSi. The second-order valence-electron chi connectivity index (χ2n) is 7.19. The van der Waals surface area contributed by atoms with Gasteiger partial charge < -0.3 is 4.98 Å². The first-order chi connectivity index (χ1) is 7.02. The van der Waals surface area contributed by atoms with Crippen LogP contribution in [0.4, 0.5) is 0 Å². The Morgan fingerprint density at radius 2 is 1.81 bits per heavy atom. The molecule has 1 nitrogen and oxygen atoms in total. The van der Waals surface area contributed by atoms with Crippen molar-refractivity contribution >= 4 is 8.24 Å². The molecule has 0 saturated heterocycles. The molecule has 0 atom stereocenters. The summed E-state index contributed by atoms with van der Waals surface area (Å²) in [4.78, 5) is 3.81. The summed E-state index contributed by atoms with van der Waals surface area (Å²) in [5, 5.41) is 1.54. The smallest absolute Gasteiger partial charge is 0.151 e. The lowest BCUT2D eigenvalue weighted by Gasteiger charge is -2.36. The maximum Gasteiger partial charge on any atom is 0.151 e. The Morgan fingerprint density at radius 3 is 2.19 bits per heavy atom. The van der Waals surface area contributed by atoms with Crippen LogP contribution in [0.1, 0.15) is 41.0 Å². The third-order valence-corrected chi connectivity index (χ3v) is 6.16. The van der Waals surface area contributed by atoms with Crippen LogP contribution >= 0.6 is 0 Å². The molecule has 0 aliphatic heterocycles. The zero-order valence-corrected chi connectivity index (χ0v) is 12.9. The van der Waals surface area contributed by atoms with Crippen molar-refractivity contribution in [3.05, 3.63) is 23.4 Å². The number of rotatable bonds is 2. The third-order valence-electron chi connectivity index (χ3n) is 2.97. The van der Waals surface area contributed by atoms with E-state index in [1.54, 1.807) is 5.20 Å². The van der Waals surface area contributed by atoms with E-state index >= 15 is 0 Å². The molecule has 1 N–H and O–H groups in total. The molecule has 0 aromatic rings. The van der Waals surface area contributed by atoms with Crippen LogP contribution < -0.4 is 4.98 Å². The van der Waals surface area contributed by atoms with Gasteiger partial charge in [0.15, 0.2) is 8.24 Å². The Bertz CT molecular complexity index is 316. The second kappa shape index (κ2) is 4.15. The molecule has 0 radical (unpaired) electrons. The van der Waals surface area contributed by atoms with Gasteiger partial charge in [0.1, 0.15) is 0 Å². The summed E-state index contributed by atoms with van der Waals surface area (Å²) in [6, 6.07) is 0. The monoisotopic (exact) mass is 237 g/mol. The highest BCUT2D eigenvalue weighted by Gasteiger charge is 2.31. The van der Waals surface area contributed by atoms with Crippen LogP contribution in [0, 0.1) is 5.41 Å². The summed E-state index contributed by atoms with van der Waals surface area (Å²) in [6.07, 6.45) is 8.31. The quantitative estimate of drug-likeness (QED) is 0.715. The lowest BCUT2D eigenvalue weighted by molar-refractivity contribution is 0.482. The molecule has 0 spiro atoms. The molecule has 0 amide bonds. The normalized spacial score (nSPS) is 20.8. The van der Waals surface area contributed by atoms with Gasteiger partial charge in [0.2, 0.25) is 0 Å². The van der Waals surface area contributed by atoms with Crippen LogP contribution in [0.2, 0.25) is 13.1 Å². The highest BCUT2D eigenvalue weighted by atomic mass is 28.3. The maximum absolute atomic E-state index is 3.81. The zero-order chi connectivity index (χ0) is 12.6. The molecule has 0 aromatic heterocycles. The van der Waals surface area contributed by atoms with E-state index in [0.29, 0.717) is 5.41 Å². The van der Waals surface area contributed by atoms with Crippen molar-refractivity contribution in [3.8, 4) is 0 Å². The number of hydrogen-bond donors (Lipinski definition) is 1. The molecule has 1 aliphatic carbocycles. The van der Waals surface area contributed by atoms with Gasteiger partial charge >= 0.3 is 0 Å². The molecule has 16 heavy (non-hydrogen) atoms. The third kappa shape index (κ3) is 3.91. The Labute approximate surface area is 102 Å². The van der Waals surface area contributed by atoms with Gasteiger partial charge in [-0.3, -0.25) is 0 Å². The summed E-state index contributed by atoms with van der Waals surface area (Å²) < 4.78 is 0. The first-order valence-corrected chi connectivity index (χ1v) is 9.21. The van der Waals surface area contributed by atoms with Crippen LogP contribution in [0.15, 0.2) is 23.4 Å². The van der Waals surface area contributed by atoms with Crippen LogP contribution in [-0.4, -0.2) is 13.8 Å². The van der Waals surface area contributed by atoms with Crippen LogP contribution in [0.5, 0.6) is 0 Å². The Morgan fingerprint density at radius 1 is 1.25 bits per heavy atom. The largest absolute Gasteiger partial charge is 0.329 e. The Balaban J connectivity index is 2.80. The Hall–Kier alpha value is -0.343. The van der Waals surface area contributed by atoms with Crippen molar-refractivity contribution in [1.29, 1.82) is 0 Å². The minimum Gasteiger partial charge on any atom is -0.329 e. The molecule has 0 heterocycles. The van der Waals surface area contributed by atoms with Gasteiger partial charge in [-0.25, -0.2) is 0 Å². The van der Waals surface area contributed by atoms with Crippen molar-refractivity contribution in [1.82, 2.24) is 4.98 Å². The molecular weight excluding hydrogens is 210 g/mol. The average molecular weight is 237 g/mol. The fraction of sp³-hybridized carbons (Fsp3) is 0.714. The molecule has 2 heteroatoms. The van der Waals surface area contributed by atoms with Crippen molar-refractivity contribution in [2.75, 3.05) is 0 Å². The molecule has 0 unspecified atom stereocenters. The van der Waals surface area contributed by atoms with Gasteiger partial charge in [-0.15, -0.1) is 0 Å². The van der Waals surface area contributed by atoms with E-state index < -0.39 is 8.24 Å². The van der Waals surface area contributed by atoms with Crippen molar-refractivity contribution in [3.63, 3.8) is 0 Å². The van der Waals surface area contributed by atoms with E-state index in [2.05, 4.69) is 70.9 Å². The predicted molar refractivity (Wildman–Crippen MR) is 76.0 cm³/mol. The first kappa shape index (κ1) is 13.7. The SMILES string of the molecule is CC1(C)C=CC([Si](C)(C)NC(C)(C)C)=CC1. The number of nitrogens with one attached hydrogen (secondary N) is 1. The fourth-order valence-corrected chi connectivity index (χ4v) is 5.43. The predicted octanol–water partition coefficient (Wildman–Crippen LogP) is 4.03. The summed E-state index contributed by atoms with van der Waals surface area (Å²) in [5.41, 5.74) is 0.549. The molecule has 0 bridgehead atoms. The molecule has 0 aromatic carbocycles. The van der Waals surface area contributed by atoms with Crippen LogP contribution in [0.25, 0.3) is 0 Å². The number of allylic oxidation sites excluding steroid dienone is 4. The first-order valence-electron chi connectivity index (χ1n) is 6.21. The lowest BCUT2D eigenvalue weighted by Crippen LogP contribution is -2.55. The lowest BCUT2D eigenvalue weighted by atomic mass is 9.86. The molecule has 1 aliphatic rings. The minimum absolute atomic E-state index is 0.206. The minimum atomic E-state index is -1.48. The zero-order valence-electron chi connectivity index (χ0n) is 11.9. The molecule has 1 rings (SSSR count). The van der Waals surface area contributed by atoms with E-state index in [1.807, 2.05) is 0 Å². The van der Waals surface area contributed by atoms with Crippen molar-refractivity contribution in [2.24, 2.45) is 5.41 Å². The van der Waals surface area contributed by atoms with Gasteiger partial charge in [0, 0.05) is 5.54 Å². The summed E-state index contributed by atoms with van der Waals surface area (Å²) >= 11 is 0. The Kier molecular flexibility index (Phi) is 3.56. The summed E-state index contributed by atoms with van der Waals surface area (Å²) in [5.74, 6) is 0. The highest BCUT2D eigenvalue weighted by Crippen LogP contribution is 2.31. The summed E-state index contributed by atoms with van der Waals surface area (Å²) in [7, 11) is -1.48. The topological polar surface area (TPSA) is 12.0 Å². The van der Waals surface area contributed by atoms with E-state index in [9.17, 15) is 0 Å². The van der Waals surface area contributed by atoms with Crippen LogP contribution in [0.3, 0.4) is 0 Å². The maximum atomic E-state index is 3.81. The second-order valence-corrected chi connectivity index (χ2v) is 11.3. The van der Waals surface area contributed by atoms with Gasteiger partial charge in [-0.05, 0) is 37.8 Å². The van der Waals surface area contributed by atoms with Crippen molar-refractivity contribution in [2.45, 2.75) is 59.7 Å². The average Bonchev–Trinajstić information content (AvgIpc) is 1.98. The van der Waals surface area contributed by atoms with E-state index in [-0.39, 0.29) is 5.54 Å². The molecule has 0 saturated carbocycles. The molecule has 92 valence electrons. The van der Waals surface area contributed by atoms with Gasteiger partial charge in [0.05, 0.1) is 0 Å². The van der Waals surface area contributed by atoms with E-state index in [4.69, 9.17) is 0 Å². The van der Waals surface area contributed by atoms with Crippen molar-refractivity contribution < 1.29 is 0 Å². The standard InChI is InChI=1S/C14H27NSi/c1-13(2,3)15-16(6,7)12-8-10-14(4,5)11-9-12/h8-10,15H,11H2,1-7H3. The van der Waals surface area contributed by atoms with E-state index in [1.165, 1.54) is 6.42 Å². The fourth-order valence-electron chi connectivity index (χ4n) is 2.30. The van der Waals surface area contributed by atoms with Gasteiger partial charge in [0.25, 0.3) is 0 Å². The van der Waals surface area contributed by atoms with E-state index in [0.717, 1.165) is 0 Å². The highest BCUT2D eigenvalue weighted by molar-refractivity contribution is 6.82. The molecule has 0 fully saturated rings. The van der Waals surface area contributed by atoms with Gasteiger partial charge in [-0.2, -0.15) is 0 Å². The summed E-state index contributed by atoms with van der Waals surface area (Å²) in [6.45, 7) is 16.1. The van der Waals surface area contributed by atoms with Gasteiger partial charge in [-0.1, -0.05) is 45.2 Å². The number of hydrogen-bond acceptors (Lipinski definition) is 1.